The van der Waals surface area contributed by atoms with E-state index < -0.39 is 0 Å². The van der Waals surface area contributed by atoms with Crippen molar-refractivity contribution in [3.8, 4) is 0 Å². The summed E-state index contributed by atoms with van der Waals surface area (Å²) in [6.45, 7) is 3.59. The van der Waals surface area contributed by atoms with E-state index in [1.807, 2.05) is 30.3 Å². The van der Waals surface area contributed by atoms with Crippen LogP contribution in [0, 0.1) is 0 Å². The van der Waals surface area contributed by atoms with E-state index in [9.17, 15) is 4.79 Å². The van der Waals surface area contributed by atoms with Crippen LogP contribution in [0.4, 0.5) is 5.69 Å². The van der Waals surface area contributed by atoms with Crippen molar-refractivity contribution < 1.29 is 4.79 Å². The van der Waals surface area contributed by atoms with Gasteiger partial charge in [0.2, 0.25) is 0 Å². The number of amidine groups is 1. The minimum absolute atomic E-state index is 0.170. The number of carbonyl (C=O) groups excluding carboxylic acids is 1. The van der Waals surface area contributed by atoms with Crippen LogP contribution in [0.25, 0.3) is 6.08 Å². The Kier molecular flexibility index (Phi) is 4.52. The number of anilines is 1. The molecular weight excluding hydrogens is 332 g/mol. The van der Waals surface area contributed by atoms with Crippen LogP contribution in [0.15, 0.2) is 64.6 Å². The highest BCUT2D eigenvalue weighted by molar-refractivity contribution is 8.18. The number of nitrogens with zero attached hydrogens (tertiary/aromatic N) is 4. The largest absolute Gasteiger partial charge is 0.368 e. The molecule has 1 amide bonds. The monoisotopic (exact) mass is 350 g/mol. The van der Waals surface area contributed by atoms with Crippen molar-refractivity contribution in [2.75, 3.05) is 31.1 Å². The smallest absolute Gasteiger partial charge is 0.286 e. The van der Waals surface area contributed by atoms with Gasteiger partial charge in [0.15, 0.2) is 5.17 Å². The SMILES string of the molecule is O=C1N=C(N2CCN(c3ccccc3)CC2)S/C1=C\c1ccccn1. The number of hydrogen-bond acceptors (Lipinski definition) is 5. The van der Waals surface area contributed by atoms with Crippen molar-refractivity contribution in [1.82, 2.24) is 9.88 Å². The summed E-state index contributed by atoms with van der Waals surface area (Å²) in [5.41, 5.74) is 2.03. The molecule has 1 fully saturated rings. The molecule has 0 N–H and O–H groups in total. The Balaban J connectivity index is 1.40. The molecule has 2 aliphatic rings. The van der Waals surface area contributed by atoms with Gasteiger partial charge >= 0.3 is 0 Å². The maximum atomic E-state index is 12.2. The highest BCUT2D eigenvalue weighted by atomic mass is 32.2. The molecule has 5 nitrogen and oxygen atoms in total. The van der Waals surface area contributed by atoms with Gasteiger partial charge in [-0.3, -0.25) is 9.78 Å². The van der Waals surface area contributed by atoms with E-state index in [-0.39, 0.29) is 5.91 Å². The summed E-state index contributed by atoms with van der Waals surface area (Å²) in [6, 6.07) is 16.1. The van der Waals surface area contributed by atoms with Crippen LogP contribution in [0.3, 0.4) is 0 Å². The van der Waals surface area contributed by atoms with Gasteiger partial charge in [-0.05, 0) is 42.1 Å². The molecule has 3 heterocycles. The predicted molar refractivity (Wildman–Crippen MR) is 102 cm³/mol. The van der Waals surface area contributed by atoms with Crippen molar-refractivity contribution in [2.45, 2.75) is 0 Å². The Bertz CT molecular complexity index is 812. The van der Waals surface area contributed by atoms with Gasteiger partial charge in [-0.1, -0.05) is 24.3 Å². The summed E-state index contributed by atoms with van der Waals surface area (Å²) in [6.07, 6.45) is 3.53. The van der Waals surface area contributed by atoms with Crippen LogP contribution in [0.2, 0.25) is 0 Å². The maximum Gasteiger partial charge on any atom is 0.286 e. The summed E-state index contributed by atoms with van der Waals surface area (Å²) < 4.78 is 0. The van der Waals surface area contributed by atoms with E-state index in [0.717, 1.165) is 37.0 Å². The van der Waals surface area contributed by atoms with Gasteiger partial charge in [0.05, 0.1) is 10.6 Å². The summed E-state index contributed by atoms with van der Waals surface area (Å²) in [7, 11) is 0. The van der Waals surface area contributed by atoms with E-state index in [4.69, 9.17) is 0 Å². The van der Waals surface area contributed by atoms with Gasteiger partial charge in [-0.15, -0.1) is 0 Å². The fourth-order valence-electron chi connectivity index (χ4n) is 2.92. The molecule has 0 atom stereocenters. The molecule has 1 aromatic heterocycles. The number of para-hydroxylation sites is 1. The molecule has 0 unspecified atom stereocenters. The molecule has 1 aromatic carbocycles. The average molecular weight is 350 g/mol. The second-order valence-electron chi connectivity index (χ2n) is 5.87. The summed E-state index contributed by atoms with van der Waals surface area (Å²) in [4.78, 5) is 25.9. The van der Waals surface area contributed by atoms with Crippen molar-refractivity contribution in [3.05, 3.63) is 65.3 Å². The Morgan fingerprint density at radius 2 is 1.64 bits per heavy atom. The van der Waals surface area contributed by atoms with Gasteiger partial charge in [0.25, 0.3) is 5.91 Å². The second kappa shape index (κ2) is 7.11. The van der Waals surface area contributed by atoms with Crippen molar-refractivity contribution >= 4 is 34.6 Å². The van der Waals surface area contributed by atoms with Crippen LogP contribution >= 0.6 is 11.8 Å². The molecule has 4 rings (SSSR count). The first kappa shape index (κ1) is 15.9. The normalized spacial score (nSPS) is 19.4. The number of aromatic nitrogens is 1. The van der Waals surface area contributed by atoms with E-state index in [1.54, 1.807) is 6.20 Å². The summed E-state index contributed by atoms with van der Waals surface area (Å²) in [5.74, 6) is -0.170. The Morgan fingerprint density at radius 3 is 2.36 bits per heavy atom. The van der Waals surface area contributed by atoms with E-state index in [1.165, 1.54) is 17.4 Å². The molecule has 0 saturated carbocycles. The molecule has 0 spiro atoms. The highest BCUT2D eigenvalue weighted by Crippen LogP contribution is 2.30. The lowest BCUT2D eigenvalue weighted by atomic mass is 10.2. The third-order valence-electron chi connectivity index (χ3n) is 4.25. The Labute approximate surface area is 151 Å². The topological polar surface area (TPSA) is 48.8 Å². The molecule has 25 heavy (non-hydrogen) atoms. The fourth-order valence-corrected chi connectivity index (χ4v) is 3.87. The van der Waals surface area contributed by atoms with Gasteiger partial charge in [-0.25, -0.2) is 0 Å². The first-order valence-corrected chi connectivity index (χ1v) is 9.10. The number of piperazine rings is 1. The lowest BCUT2D eigenvalue weighted by Gasteiger charge is -2.36. The number of benzene rings is 1. The zero-order chi connectivity index (χ0) is 17.1. The fraction of sp³-hybridized carbons (Fsp3) is 0.211. The lowest BCUT2D eigenvalue weighted by Crippen LogP contribution is -2.47. The molecule has 0 aliphatic carbocycles. The van der Waals surface area contributed by atoms with E-state index in [0.29, 0.717) is 4.91 Å². The van der Waals surface area contributed by atoms with Crippen molar-refractivity contribution in [2.24, 2.45) is 4.99 Å². The molecule has 2 aliphatic heterocycles. The van der Waals surface area contributed by atoms with Gasteiger partial charge < -0.3 is 9.80 Å². The third-order valence-corrected chi connectivity index (χ3v) is 5.29. The van der Waals surface area contributed by atoms with Crippen molar-refractivity contribution in [3.63, 3.8) is 0 Å². The quantitative estimate of drug-likeness (QED) is 0.780. The maximum absolute atomic E-state index is 12.2. The van der Waals surface area contributed by atoms with E-state index >= 15 is 0 Å². The first-order valence-electron chi connectivity index (χ1n) is 8.28. The number of hydrogen-bond donors (Lipinski definition) is 0. The minimum atomic E-state index is -0.170. The second-order valence-corrected chi connectivity index (χ2v) is 6.88. The first-order chi connectivity index (χ1) is 12.3. The minimum Gasteiger partial charge on any atom is -0.368 e. The number of rotatable bonds is 2. The zero-order valence-electron chi connectivity index (χ0n) is 13.7. The third kappa shape index (κ3) is 3.58. The highest BCUT2D eigenvalue weighted by Gasteiger charge is 2.28. The van der Waals surface area contributed by atoms with Crippen LogP contribution in [-0.4, -0.2) is 47.1 Å². The molecular formula is C19H18N4OS. The number of pyridine rings is 1. The standard InChI is InChI=1S/C19H18N4OS/c24-18-17(14-15-6-4-5-9-20-15)25-19(21-18)23-12-10-22(11-13-23)16-7-2-1-3-8-16/h1-9,14H,10-13H2/b17-14-. The number of carbonyl (C=O) groups is 1. The number of aliphatic imine (C=N–C) groups is 1. The van der Waals surface area contributed by atoms with Crippen LogP contribution < -0.4 is 4.90 Å². The van der Waals surface area contributed by atoms with Crippen LogP contribution in [0.5, 0.6) is 0 Å². The van der Waals surface area contributed by atoms with Crippen LogP contribution in [-0.2, 0) is 4.79 Å². The Hall–Kier alpha value is -2.60. The van der Waals surface area contributed by atoms with Gasteiger partial charge in [0, 0.05) is 38.1 Å². The van der Waals surface area contributed by atoms with Crippen LogP contribution in [0.1, 0.15) is 5.69 Å². The lowest BCUT2D eigenvalue weighted by molar-refractivity contribution is -0.113. The number of amides is 1. The van der Waals surface area contributed by atoms with Crippen molar-refractivity contribution in [1.29, 1.82) is 0 Å². The molecule has 2 aromatic rings. The zero-order valence-corrected chi connectivity index (χ0v) is 14.5. The summed E-state index contributed by atoms with van der Waals surface area (Å²) >= 11 is 1.45. The number of thioether (sulfide) groups is 1. The predicted octanol–water partition coefficient (Wildman–Crippen LogP) is 2.87. The molecule has 0 radical (unpaired) electrons. The summed E-state index contributed by atoms with van der Waals surface area (Å²) in [5, 5.41) is 0.805. The van der Waals surface area contributed by atoms with Gasteiger partial charge in [0.1, 0.15) is 0 Å². The molecule has 6 heteroatoms. The van der Waals surface area contributed by atoms with Gasteiger partial charge in [-0.2, -0.15) is 4.99 Å². The van der Waals surface area contributed by atoms with E-state index in [2.05, 4.69) is 44.0 Å². The molecule has 1 saturated heterocycles. The average Bonchev–Trinajstić information content (AvgIpc) is 3.04. The molecule has 0 bridgehead atoms. The molecule has 126 valence electrons. The Morgan fingerprint density at radius 1 is 0.920 bits per heavy atom.